The molecule has 0 fully saturated rings. The van der Waals surface area contributed by atoms with Gasteiger partial charge in [-0.05, 0) is 18.1 Å². The predicted octanol–water partition coefficient (Wildman–Crippen LogP) is 2.26. The van der Waals surface area contributed by atoms with Crippen LogP contribution < -0.4 is 5.32 Å². The van der Waals surface area contributed by atoms with Gasteiger partial charge >= 0.3 is 5.97 Å². The fraction of sp³-hybridized carbons (Fsp3) is 0. The first kappa shape index (κ1) is 12.4. The van der Waals surface area contributed by atoms with Gasteiger partial charge in [0, 0.05) is 0 Å². The monoisotopic (exact) mass is 257 g/mol. The predicted molar refractivity (Wildman–Crippen MR) is 60.9 cm³/mol. The number of carboxylic acids is 1. The van der Waals surface area contributed by atoms with Crippen LogP contribution in [0, 0.1) is 12.3 Å². The van der Waals surface area contributed by atoms with Gasteiger partial charge in [0.05, 0.1) is 15.7 Å². The van der Waals surface area contributed by atoms with Crippen molar-refractivity contribution in [3.63, 3.8) is 0 Å². The average molecular weight is 258 g/mol. The first-order valence-electron chi connectivity index (χ1n) is 3.96. The Morgan fingerprint density at radius 2 is 1.88 bits per heavy atom. The van der Waals surface area contributed by atoms with Crippen LogP contribution in [0.3, 0.4) is 0 Å². The van der Waals surface area contributed by atoms with E-state index >= 15 is 0 Å². The maximum Gasteiger partial charge on any atom is 0.339 e. The number of rotatable bonds is 2. The van der Waals surface area contributed by atoms with Crippen LogP contribution in [0.5, 0.6) is 0 Å². The number of nitrogens with one attached hydrogen (secondary N) is 1. The second-order valence-electron chi connectivity index (χ2n) is 2.68. The maximum absolute atomic E-state index is 11.0. The lowest BCUT2D eigenvalue weighted by molar-refractivity contribution is -0.111. The Bertz CT molecular complexity index is 506. The highest BCUT2D eigenvalue weighted by Gasteiger charge is 2.18. The number of benzene rings is 1. The highest BCUT2D eigenvalue weighted by atomic mass is 35.5. The largest absolute Gasteiger partial charge is 0.478 e. The van der Waals surface area contributed by atoms with E-state index in [0.29, 0.717) is 0 Å². The van der Waals surface area contributed by atoms with Crippen molar-refractivity contribution in [1.82, 2.24) is 0 Å². The molecule has 6 heteroatoms. The molecule has 0 spiro atoms. The second-order valence-corrected chi connectivity index (χ2v) is 3.50. The van der Waals surface area contributed by atoms with E-state index in [0.717, 1.165) is 0 Å². The Hall–Kier alpha value is -1.70. The molecule has 0 aliphatic carbocycles. The number of amides is 1. The number of terminal acetylenes is 1. The fourth-order valence-electron chi connectivity index (χ4n) is 1.03. The van der Waals surface area contributed by atoms with E-state index in [1.807, 2.05) is 0 Å². The molecule has 0 saturated carbocycles. The van der Waals surface area contributed by atoms with Crippen molar-refractivity contribution in [3.8, 4) is 12.3 Å². The van der Waals surface area contributed by atoms with Crippen LogP contribution in [0.2, 0.25) is 10.0 Å². The summed E-state index contributed by atoms with van der Waals surface area (Å²) in [7, 11) is 0. The molecule has 0 radical (unpaired) electrons. The van der Waals surface area contributed by atoms with Crippen molar-refractivity contribution in [3.05, 3.63) is 27.7 Å². The third-order valence-corrected chi connectivity index (χ3v) is 2.32. The summed E-state index contributed by atoms with van der Waals surface area (Å²) < 4.78 is 0. The Morgan fingerprint density at radius 1 is 1.31 bits per heavy atom. The van der Waals surface area contributed by atoms with Crippen LogP contribution in [-0.4, -0.2) is 17.0 Å². The first-order chi connectivity index (χ1) is 7.47. The molecule has 0 bridgehead atoms. The van der Waals surface area contributed by atoms with E-state index in [1.165, 1.54) is 12.1 Å². The third-order valence-electron chi connectivity index (χ3n) is 1.69. The molecule has 4 nitrogen and oxygen atoms in total. The number of anilines is 1. The fourth-order valence-corrected chi connectivity index (χ4v) is 1.48. The number of hydrogen-bond donors (Lipinski definition) is 2. The van der Waals surface area contributed by atoms with Gasteiger partial charge < -0.3 is 10.4 Å². The minimum absolute atomic E-state index is 0.0378. The van der Waals surface area contributed by atoms with Crippen LogP contribution in [0.1, 0.15) is 10.4 Å². The van der Waals surface area contributed by atoms with Crippen LogP contribution in [-0.2, 0) is 4.79 Å². The number of carbonyl (C=O) groups excluding carboxylic acids is 1. The molecule has 0 heterocycles. The standard InChI is InChI=1S/C10H5Cl2NO3/c1-2-7(14)13-9-6(12)4-3-5(11)8(9)10(15)16/h1,3-4H,(H,13,14)(H,15,16). The van der Waals surface area contributed by atoms with Crippen LogP contribution in [0.15, 0.2) is 12.1 Å². The smallest absolute Gasteiger partial charge is 0.339 e. The van der Waals surface area contributed by atoms with Crippen LogP contribution in [0.25, 0.3) is 0 Å². The van der Waals surface area contributed by atoms with Gasteiger partial charge in [-0.3, -0.25) is 4.79 Å². The molecule has 1 amide bonds. The molecular formula is C10H5Cl2NO3. The Balaban J connectivity index is 3.35. The van der Waals surface area contributed by atoms with Gasteiger partial charge in [0.25, 0.3) is 5.91 Å². The van der Waals surface area contributed by atoms with Gasteiger partial charge in [-0.15, -0.1) is 6.42 Å². The van der Waals surface area contributed by atoms with Crippen molar-refractivity contribution >= 4 is 40.8 Å². The number of hydrogen-bond acceptors (Lipinski definition) is 2. The summed E-state index contributed by atoms with van der Waals surface area (Å²) in [5.41, 5.74) is -0.401. The van der Waals surface area contributed by atoms with E-state index in [9.17, 15) is 9.59 Å². The van der Waals surface area contributed by atoms with Gasteiger partial charge in [-0.1, -0.05) is 23.2 Å². The molecule has 0 aliphatic rings. The third kappa shape index (κ3) is 2.45. The number of halogens is 2. The summed E-state index contributed by atoms with van der Waals surface area (Å²) in [6.45, 7) is 0. The minimum Gasteiger partial charge on any atom is -0.478 e. The van der Waals surface area contributed by atoms with E-state index in [1.54, 1.807) is 5.92 Å². The number of carbonyl (C=O) groups is 2. The molecule has 1 aromatic carbocycles. The van der Waals surface area contributed by atoms with Crippen molar-refractivity contribution < 1.29 is 14.7 Å². The summed E-state index contributed by atoms with van der Waals surface area (Å²) in [6.07, 6.45) is 4.85. The van der Waals surface area contributed by atoms with Gasteiger partial charge in [-0.2, -0.15) is 0 Å². The van der Waals surface area contributed by atoms with E-state index in [4.69, 9.17) is 34.7 Å². The summed E-state index contributed by atoms with van der Waals surface area (Å²) in [4.78, 5) is 21.9. The van der Waals surface area contributed by atoms with Crippen LogP contribution >= 0.6 is 23.2 Å². The Labute approximate surface area is 101 Å². The molecular weight excluding hydrogens is 253 g/mol. The van der Waals surface area contributed by atoms with Crippen molar-refractivity contribution in [2.75, 3.05) is 5.32 Å². The van der Waals surface area contributed by atoms with Crippen molar-refractivity contribution in [2.24, 2.45) is 0 Å². The molecule has 16 heavy (non-hydrogen) atoms. The highest BCUT2D eigenvalue weighted by molar-refractivity contribution is 6.38. The molecule has 1 aromatic rings. The van der Waals surface area contributed by atoms with Crippen molar-refractivity contribution in [2.45, 2.75) is 0 Å². The summed E-state index contributed by atoms with van der Waals surface area (Å²) in [6, 6.07) is 2.68. The molecule has 0 saturated heterocycles. The Kier molecular flexibility index (Phi) is 3.78. The maximum atomic E-state index is 11.0. The Morgan fingerprint density at radius 3 is 2.38 bits per heavy atom. The molecule has 1 rings (SSSR count). The zero-order valence-corrected chi connectivity index (χ0v) is 9.26. The topological polar surface area (TPSA) is 66.4 Å². The zero-order chi connectivity index (χ0) is 12.3. The quantitative estimate of drug-likeness (QED) is 0.799. The average Bonchev–Trinajstić information content (AvgIpc) is 2.22. The molecule has 0 atom stereocenters. The number of carboxylic acid groups (broad SMARTS) is 1. The molecule has 82 valence electrons. The lowest BCUT2D eigenvalue weighted by atomic mass is 10.1. The lowest BCUT2D eigenvalue weighted by Gasteiger charge is -2.09. The molecule has 0 aliphatic heterocycles. The van der Waals surface area contributed by atoms with Crippen molar-refractivity contribution in [1.29, 1.82) is 0 Å². The minimum atomic E-state index is -1.31. The summed E-state index contributed by atoms with van der Waals surface area (Å²) >= 11 is 11.4. The van der Waals surface area contributed by atoms with Gasteiger partial charge in [-0.25, -0.2) is 4.79 Å². The first-order valence-corrected chi connectivity index (χ1v) is 4.72. The summed E-state index contributed by atoms with van der Waals surface area (Å²) in [5.74, 6) is -0.324. The zero-order valence-electron chi connectivity index (χ0n) is 7.75. The second kappa shape index (κ2) is 4.88. The van der Waals surface area contributed by atoms with E-state index < -0.39 is 11.9 Å². The van der Waals surface area contributed by atoms with Gasteiger partial charge in [0.2, 0.25) is 0 Å². The molecule has 2 N–H and O–H groups in total. The normalized spacial score (nSPS) is 9.31. The molecule has 0 unspecified atom stereocenters. The summed E-state index contributed by atoms with van der Waals surface area (Å²) in [5, 5.41) is 11.1. The number of aromatic carboxylic acids is 1. The van der Waals surface area contributed by atoms with Gasteiger partial charge in [0.15, 0.2) is 0 Å². The highest BCUT2D eigenvalue weighted by Crippen LogP contribution is 2.31. The molecule has 0 aromatic heterocycles. The van der Waals surface area contributed by atoms with E-state index in [2.05, 4.69) is 5.32 Å². The lowest BCUT2D eigenvalue weighted by Crippen LogP contribution is -2.13. The van der Waals surface area contributed by atoms with E-state index in [-0.39, 0.29) is 21.3 Å². The van der Waals surface area contributed by atoms with Crippen LogP contribution in [0.4, 0.5) is 5.69 Å². The van der Waals surface area contributed by atoms with Gasteiger partial charge in [0.1, 0.15) is 5.56 Å². The SMILES string of the molecule is C#CC(=O)Nc1c(Cl)ccc(Cl)c1C(=O)O.